The molecule has 19 heavy (non-hydrogen) atoms. The lowest BCUT2D eigenvalue weighted by Crippen LogP contribution is -1.95. The van der Waals surface area contributed by atoms with Crippen LogP contribution in [0.3, 0.4) is 0 Å². The number of thiophene rings is 1. The lowest BCUT2D eigenvalue weighted by atomic mass is 10.2. The third-order valence-corrected chi connectivity index (χ3v) is 3.75. The van der Waals surface area contributed by atoms with Crippen LogP contribution in [0.4, 0.5) is 11.6 Å². The zero-order valence-corrected chi connectivity index (χ0v) is 11.8. The molecule has 3 aromatic heterocycles. The molecule has 0 atom stereocenters. The largest absolute Gasteiger partial charge is 0.322 e. The van der Waals surface area contributed by atoms with Gasteiger partial charge in [0.2, 0.25) is 5.28 Å². The lowest BCUT2D eigenvalue weighted by Gasteiger charge is -2.03. The number of rotatable bonds is 4. The van der Waals surface area contributed by atoms with E-state index in [-0.39, 0.29) is 5.28 Å². The van der Waals surface area contributed by atoms with Crippen molar-refractivity contribution in [2.45, 2.75) is 19.8 Å². The van der Waals surface area contributed by atoms with Crippen LogP contribution < -0.4 is 5.32 Å². The Labute approximate surface area is 119 Å². The van der Waals surface area contributed by atoms with Gasteiger partial charge in [-0.25, -0.2) is 4.98 Å². The number of aromatic nitrogens is 4. The van der Waals surface area contributed by atoms with Gasteiger partial charge in [-0.1, -0.05) is 13.3 Å². The van der Waals surface area contributed by atoms with Crippen molar-refractivity contribution in [3.63, 3.8) is 0 Å². The summed E-state index contributed by atoms with van der Waals surface area (Å²) < 4.78 is 0.976. The van der Waals surface area contributed by atoms with Gasteiger partial charge in [-0.15, -0.1) is 11.3 Å². The second kappa shape index (κ2) is 5.14. The summed E-state index contributed by atoms with van der Waals surface area (Å²) in [4.78, 5) is 8.39. The summed E-state index contributed by atoms with van der Waals surface area (Å²) in [6.45, 7) is 2.13. The number of halogens is 1. The van der Waals surface area contributed by atoms with E-state index in [2.05, 4.69) is 32.4 Å². The van der Waals surface area contributed by atoms with Gasteiger partial charge >= 0.3 is 0 Å². The van der Waals surface area contributed by atoms with E-state index in [1.165, 1.54) is 0 Å². The predicted octanol–water partition coefficient (Wildman–Crippen LogP) is 3.76. The molecule has 0 aromatic carbocycles. The molecule has 7 heteroatoms. The Morgan fingerprint density at radius 3 is 3.16 bits per heavy atom. The Balaban J connectivity index is 1.93. The monoisotopic (exact) mass is 293 g/mol. The maximum Gasteiger partial charge on any atom is 0.224 e. The SMILES string of the molecule is CCCc1cc(Nc2nc(Cl)nc3ccsc23)n[nH]1. The van der Waals surface area contributed by atoms with Gasteiger partial charge in [0, 0.05) is 11.8 Å². The molecular weight excluding hydrogens is 282 g/mol. The van der Waals surface area contributed by atoms with Crippen LogP contribution in [0, 0.1) is 0 Å². The number of hydrogen-bond acceptors (Lipinski definition) is 5. The fourth-order valence-electron chi connectivity index (χ4n) is 1.86. The molecule has 3 aromatic rings. The van der Waals surface area contributed by atoms with Crippen molar-refractivity contribution in [1.82, 2.24) is 20.2 Å². The fourth-order valence-corrected chi connectivity index (χ4v) is 2.82. The Kier molecular flexibility index (Phi) is 3.35. The van der Waals surface area contributed by atoms with Crippen molar-refractivity contribution in [2.24, 2.45) is 0 Å². The number of fused-ring (bicyclic) bond motifs is 1. The second-order valence-electron chi connectivity index (χ2n) is 4.13. The van der Waals surface area contributed by atoms with Crippen molar-refractivity contribution in [3.8, 4) is 0 Å². The number of nitrogens with one attached hydrogen (secondary N) is 2. The molecule has 0 aliphatic rings. The van der Waals surface area contributed by atoms with Crippen LogP contribution in [-0.2, 0) is 6.42 Å². The number of hydrogen-bond donors (Lipinski definition) is 2. The second-order valence-corrected chi connectivity index (χ2v) is 5.38. The highest BCUT2D eigenvalue weighted by molar-refractivity contribution is 7.17. The quantitative estimate of drug-likeness (QED) is 0.719. The van der Waals surface area contributed by atoms with E-state index in [1.807, 2.05) is 17.5 Å². The predicted molar refractivity (Wildman–Crippen MR) is 78.3 cm³/mol. The highest BCUT2D eigenvalue weighted by atomic mass is 35.5. The third-order valence-electron chi connectivity index (χ3n) is 2.67. The van der Waals surface area contributed by atoms with Gasteiger partial charge in [0.15, 0.2) is 11.6 Å². The molecule has 0 saturated carbocycles. The number of nitrogens with zero attached hydrogens (tertiary/aromatic N) is 3. The summed E-state index contributed by atoms with van der Waals surface area (Å²) in [5, 5.41) is 12.6. The van der Waals surface area contributed by atoms with Crippen LogP contribution >= 0.6 is 22.9 Å². The molecule has 0 aliphatic carbocycles. The molecule has 0 fully saturated rings. The van der Waals surface area contributed by atoms with Crippen LogP contribution in [0.2, 0.25) is 5.28 Å². The van der Waals surface area contributed by atoms with Gasteiger partial charge in [0.1, 0.15) is 0 Å². The molecule has 2 N–H and O–H groups in total. The summed E-state index contributed by atoms with van der Waals surface area (Å²) >= 11 is 7.49. The van der Waals surface area contributed by atoms with E-state index in [0.717, 1.165) is 34.6 Å². The average Bonchev–Trinajstić information content (AvgIpc) is 2.98. The minimum absolute atomic E-state index is 0.234. The number of aromatic amines is 1. The molecule has 0 amide bonds. The molecule has 5 nitrogen and oxygen atoms in total. The van der Waals surface area contributed by atoms with Crippen LogP contribution in [0.15, 0.2) is 17.5 Å². The maximum atomic E-state index is 5.92. The molecule has 0 radical (unpaired) electrons. The van der Waals surface area contributed by atoms with Crippen LogP contribution in [-0.4, -0.2) is 20.2 Å². The van der Waals surface area contributed by atoms with E-state index >= 15 is 0 Å². The average molecular weight is 294 g/mol. The standard InChI is InChI=1S/C12H12ClN5S/c1-2-3-7-6-9(18-17-7)15-11-10-8(4-5-19-10)14-12(13)16-11/h4-6H,2-3H2,1H3,(H2,14,15,16,17,18). The zero-order chi connectivity index (χ0) is 13.2. The van der Waals surface area contributed by atoms with Crippen molar-refractivity contribution in [1.29, 1.82) is 0 Å². The van der Waals surface area contributed by atoms with Gasteiger partial charge in [-0.05, 0) is 29.5 Å². The topological polar surface area (TPSA) is 66.5 Å². The molecule has 0 saturated heterocycles. The normalized spacial score (nSPS) is 11.1. The van der Waals surface area contributed by atoms with Crippen molar-refractivity contribution in [2.75, 3.05) is 5.32 Å². The smallest absolute Gasteiger partial charge is 0.224 e. The van der Waals surface area contributed by atoms with Crippen molar-refractivity contribution in [3.05, 3.63) is 28.5 Å². The summed E-state index contributed by atoms with van der Waals surface area (Å²) in [7, 11) is 0. The highest BCUT2D eigenvalue weighted by Gasteiger charge is 2.09. The lowest BCUT2D eigenvalue weighted by molar-refractivity contribution is 0.867. The zero-order valence-electron chi connectivity index (χ0n) is 10.3. The first-order chi connectivity index (χ1) is 9.26. The maximum absolute atomic E-state index is 5.92. The van der Waals surface area contributed by atoms with Gasteiger partial charge in [-0.2, -0.15) is 10.1 Å². The van der Waals surface area contributed by atoms with E-state index in [9.17, 15) is 0 Å². The molecule has 0 spiro atoms. The summed E-state index contributed by atoms with van der Waals surface area (Å²) in [6.07, 6.45) is 2.06. The van der Waals surface area contributed by atoms with Crippen LogP contribution in [0.5, 0.6) is 0 Å². The van der Waals surface area contributed by atoms with Gasteiger partial charge < -0.3 is 5.32 Å². The summed E-state index contributed by atoms with van der Waals surface area (Å²) in [5.41, 5.74) is 1.95. The van der Waals surface area contributed by atoms with Gasteiger partial charge in [0.25, 0.3) is 0 Å². The first-order valence-corrected chi connectivity index (χ1v) is 7.24. The number of aryl methyl sites for hydroxylation is 1. The first kappa shape index (κ1) is 12.4. The molecule has 0 aliphatic heterocycles. The molecule has 0 bridgehead atoms. The van der Waals surface area contributed by atoms with Gasteiger partial charge in [-0.3, -0.25) is 5.10 Å². The van der Waals surface area contributed by atoms with E-state index < -0.39 is 0 Å². The molecular formula is C12H12ClN5S. The number of H-pyrrole nitrogens is 1. The van der Waals surface area contributed by atoms with Crippen LogP contribution in [0.25, 0.3) is 10.2 Å². The Hall–Kier alpha value is -1.66. The Morgan fingerprint density at radius 2 is 2.32 bits per heavy atom. The molecule has 3 heterocycles. The van der Waals surface area contributed by atoms with Gasteiger partial charge in [0.05, 0.1) is 10.2 Å². The highest BCUT2D eigenvalue weighted by Crippen LogP contribution is 2.29. The minimum Gasteiger partial charge on any atom is -0.322 e. The molecule has 0 unspecified atom stereocenters. The Bertz CT molecular complexity index is 705. The van der Waals surface area contributed by atoms with Crippen molar-refractivity contribution >= 4 is 44.8 Å². The first-order valence-electron chi connectivity index (χ1n) is 5.98. The number of anilines is 2. The summed E-state index contributed by atoms with van der Waals surface area (Å²) in [6, 6.07) is 3.91. The van der Waals surface area contributed by atoms with E-state index in [4.69, 9.17) is 11.6 Å². The molecule has 3 rings (SSSR count). The van der Waals surface area contributed by atoms with Crippen molar-refractivity contribution < 1.29 is 0 Å². The summed E-state index contributed by atoms with van der Waals surface area (Å²) in [5.74, 6) is 1.44. The minimum atomic E-state index is 0.234. The van der Waals surface area contributed by atoms with E-state index in [0.29, 0.717) is 5.82 Å². The third kappa shape index (κ3) is 2.54. The Morgan fingerprint density at radius 1 is 1.42 bits per heavy atom. The fraction of sp³-hybridized carbons (Fsp3) is 0.250. The van der Waals surface area contributed by atoms with Crippen LogP contribution in [0.1, 0.15) is 19.0 Å². The molecule has 98 valence electrons. The van der Waals surface area contributed by atoms with E-state index in [1.54, 1.807) is 11.3 Å².